The molecular weight excluding hydrogens is 736 g/mol. The first-order chi connectivity index (χ1) is 26.5. The van der Waals surface area contributed by atoms with E-state index in [0.717, 1.165) is 76.9 Å². The number of fused-ring (bicyclic) bond motifs is 7. The Morgan fingerprint density at radius 2 is 1.39 bits per heavy atom. The molecule has 1 heterocycles. The fourth-order valence-corrected chi connectivity index (χ4v) is 11.4. The molecule has 6 rings (SSSR count). The van der Waals surface area contributed by atoms with Crippen LogP contribution in [0.5, 0.6) is 0 Å². The molecule has 3 saturated carbocycles. The third-order valence-corrected chi connectivity index (χ3v) is 14.7. The van der Waals surface area contributed by atoms with Crippen molar-refractivity contribution in [3.63, 3.8) is 0 Å². The van der Waals surface area contributed by atoms with Crippen LogP contribution in [-0.2, 0) is 61.9 Å². The van der Waals surface area contributed by atoms with Crippen molar-refractivity contribution in [3.05, 3.63) is 46.3 Å². The molecule has 5 aliphatic carbocycles. The summed E-state index contributed by atoms with van der Waals surface area (Å²) in [4.78, 5) is 76.3. The summed E-state index contributed by atoms with van der Waals surface area (Å²) in [5.74, 6) is -3.28. The van der Waals surface area contributed by atoms with E-state index < -0.39 is 77.8 Å². The van der Waals surface area contributed by atoms with Gasteiger partial charge < -0.3 is 33.2 Å². The molecule has 11 atom stereocenters. The highest BCUT2D eigenvalue weighted by Crippen LogP contribution is 2.75. The lowest BCUT2D eigenvalue weighted by molar-refractivity contribution is -0.299. The van der Waals surface area contributed by atoms with Gasteiger partial charge >= 0.3 is 29.8 Å². The Balaban J connectivity index is 1.38. The molecule has 13 heteroatoms. The number of hydrogen-bond donors (Lipinski definition) is 0. The molecular formula is C44H58O13. The van der Waals surface area contributed by atoms with Gasteiger partial charge in [-0.1, -0.05) is 45.4 Å². The molecule has 0 N–H and O–H groups in total. The van der Waals surface area contributed by atoms with Crippen molar-refractivity contribution in [3.8, 4) is 0 Å². The minimum Gasteiger partial charge on any atom is -0.469 e. The monoisotopic (exact) mass is 794 g/mol. The number of methoxy groups -OCH3 is 1. The Bertz CT molecular complexity index is 1890. The second kappa shape index (κ2) is 14.8. The SMILES string of the molecule is COC(=O)[C@]1(C)CC[C@]2(C)CC[C@]3(C)C4=CC=C5C(=CC(=O)C(OC6OC(COC(C)=O)C(OC(C)=O)C(OC(C)=O)C6OC(C)=O)=C5C)[C@]4(C)CC[C@@]3(C)[C@@H]2C1. The van der Waals surface area contributed by atoms with E-state index in [1.54, 1.807) is 13.0 Å². The molecule has 0 aromatic heterocycles. The van der Waals surface area contributed by atoms with Crippen molar-refractivity contribution in [1.82, 2.24) is 0 Å². The molecule has 1 saturated heterocycles. The largest absolute Gasteiger partial charge is 0.469 e. The number of allylic oxidation sites excluding steroid dienone is 7. The normalized spacial score (nSPS) is 39.6. The van der Waals surface area contributed by atoms with Crippen molar-refractivity contribution < 1.29 is 61.9 Å². The van der Waals surface area contributed by atoms with Crippen molar-refractivity contribution in [1.29, 1.82) is 0 Å². The van der Waals surface area contributed by atoms with E-state index in [4.69, 9.17) is 33.2 Å². The van der Waals surface area contributed by atoms with Crippen LogP contribution in [0.3, 0.4) is 0 Å². The van der Waals surface area contributed by atoms with Crippen LogP contribution in [0.15, 0.2) is 46.3 Å². The highest BCUT2D eigenvalue weighted by Gasteiger charge is 2.67. The summed E-state index contributed by atoms with van der Waals surface area (Å²) in [6.07, 6.45) is 5.13. The summed E-state index contributed by atoms with van der Waals surface area (Å²) in [5.41, 5.74) is 2.32. The van der Waals surface area contributed by atoms with Gasteiger partial charge in [-0.25, -0.2) is 0 Å². The van der Waals surface area contributed by atoms with Crippen LogP contribution in [0.25, 0.3) is 0 Å². The molecule has 57 heavy (non-hydrogen) atoms. The quantitative estimate of drug-likeness (QED) is 0.198. The first-order valence-corrected chi connectivity index (χ1v) is 20.0. The Labute approximate surface area is 334 Å². The minimum absolute atomic E-state index is 0.0593. The highest BCUT2D eigenvalue weighted by atomic mass is 16.7. The Morgan fingerprint density at radius 3 is 2.00 bits per heavy atom. The predicted molar refractivity (Wildman–Crippen MR) is 203 cm³/mol. The van der Waals surface area contributed by atoms with E-state index in [-0.39, 0.29) is 28.0 Å². The summed E-state index contributed by atoms with van der Waals surface area (Å²) in [5, 5.41) is 0. The van der Waals surface area contributed by atoms with E-state index in [2.05, 4.69) is 40.7 Å². The summed E-state index contributed by atoms with van der Waals surface area (Å²) in [6.45, 7) is 17.5. The molecule has 4 fully saturated rings. The number of rotatable bonds is 8. The van der Waals surface area contributed by atoms with Gasteiger partial charge in [0.1, 0.15) is 12.7 Å². The zero-order valence-electron chi connectivity index (χ0n) is 35.2. The van der Waals surface area contributed by atoms with Gasteiger partial charge in [-0.05, 0) is 98.2 Å². The van der Waals surface area contributed by atoms with Crippen molar-refractivity contribution in [2.45, 2.75) is 145 Å². The highest BCUT2D eigenvalue weighted by molar-refractivity contribution is 6.07. The van der Waals surface area contributed by atoms with Crippen LogP contribution in [0.4, 0.5) is 0 Å². The molecule has 1 aliphatic heterocycles. The fraction of sp³-hybridized carbons (Fsp3) is 0.682. The lowest BCUT2D eigenvalue weighted by atomic mass is 9.34. The molecule has 0 spiro atoms. The number of carbonyl (C=O) groups is 6. The standard InChI is InChI=1S/C44H58O13/c1-23-28-12-13-32-42(8,17-19-44(10)33-21-41(7,39(50)51-11)15-14-40(33,6)16-18-43(32,44)9)29(28)20-30(49)34(23)57-38-37(55-27(5)48)36(54-26(4)47)35(53-25(3)46)31(56-38)22-52-24(2)45/h12-13,20,31,33,35-38H,14-19,21-22H2,1-11H3/t31?,33-,35?,36?,37?,38?,40-,41-,42+,43-,44+/m1/s1. The lowest BCUT2D eigenvalue weighted by Gasteiger charge is -2.70. The van der Waals surface area contributed by atoms with Crippen molar-refractivity contribution in [2.75, 3.05) is 13.7 Å². The van der Waals surface area contributed by atoms with Gasteiger partial charge in [-0.15, -0.1) is 0 Å². The Kier molecular flexibility index (Phi) is 11.0. The minimum atomic E-state index is -1.54. The van der Waals surface area contributed by atoms with Crippen molar-refractivity contribution >= 4 is 35.6 Å². The molecule has 312 valence electrons. The van der Waals surface area contributed by atoms with Crippen LogP contribution in [-0.4, -0.2) is 80.1 Å². The van der Waals surface area contributed by atoms with Crippen molar-refractivity contribution in [2.24, 2.45) is 33.0 Å². The maximum atomic E-state index is 14.3. The molecule has 5 unspecified atom stereocenters. The summed E-state index contributed by atoms with van der Waals surface area (Å²) < 4.78 is 39.7. The van der Waals surface area contributed by atoms with Crippen LogP contribution >= 0.6 is 0 Å². The number of hydrogen-bond acceptors (Lipinski definition) is 13. The van der Waals surface area contributed by atoms with Crippen LogP contribution in [0.2, 0.25) is 0 Å². The van der Waals surface area contributed by atoms with Gasteiger partial charge in [0.15, 0.2) is 18.0 Å². The Morgan fingerprint density at radius 1 is 0.772 bits per heavy atom. The third-order valence-electron chi connectivity index (χ3n) is 14.7. The number of ether oxygens (including phenoxy) is 7. The average Bonchev–Trinajstić information content (AvgIpc) is 3.12. The molecule has 0 radical (unpaired) electrons. The molecule has 0 bridgehead atoms. The van der Waals surface area contributed by atoms with E-state index in [1.807, 2.05) is 6.08 Å². The summed E-state index contributed by atoms with van der Waals surface area (Å²) >= 11 is 0. The third kappa shape index (κ3) is 7.05. The molecule has 0 amide bonds. The molecule has 6 aliphatic rings. The number of esters is 5. The summed E-state index contributed by atoms with van der Waals surface area (Å²) in [6, 6.07) is 0. The van der Waals surface area contributed by atoms with E-state index in [1.165, 1.54) is 19.6 Å². The van der Waals surface area contributed by atoms with Gasteiger partial charge in [0.2, 0.25) is 18.2 Å². The number of ketones is 1. The first kappa shape index (κ1) is 42.3. The van der Waals surface area contributed by atoms with E-state index in [9.17, 15) is 28.8 Å². The first-order valence-electron chi connectivity index (χ1n) is 20.0. The zero-order valence-corrected chi connectivity index (χ0v) is 35.2. The van der Waals surface area contributed by atoms with E-state index >= 15 is 0 Å². The molecule has 0 aromatic carbocycles. The topological polar surface area (TPSA) is 167 Å². The van der Waals surface area contributed by atoms with Gasteiger partial charge in [-0.2, -0.15) is 0 Å². The van der Waals surface area contributed by atoms with Crippen LogP contribution in [0, 0.1) is 33.0 Å². The van der Waals surface area contributed by atoms with E-state index in [0.29, 0.717) is 11.5 Å². The fourth-order valence-electron chi connectivity index (χ4n) is 11.4. The average molecular weight is 795 g/mol. The van der Waals surface area contributed by atoms with Crippen LogP contribution < -0.4 is 0 Å². The van der Waals surface area contributed by atoms with Gasteiger partial charge in [0, 0.05) is 38.7 Å². The van der Waals surface area contributed by atoms with Gasteiger partial charge in [0.25, 0.3) is 0 Å². The lowest BCUT2D eigenvalue weighted by Crippen LogP contribution is -2.63. The van der Waals surface area contributed by atoms with Gasteiger partial charge in [-0.3, -0.25) is 28.8 Å². The van der Waals surface area contributed by atoms with Gasteiger partial charge in [0.05, 0.1) is 12.5 Å². The second-order valence-electron chi connectivity index (χ2n) is 18.3. The number of carbonyl (C=O) groups excluding carboxylic acids is 6. The molecule has 13 nitrogen and oxygen atoms in total. The smallest absolute Gasteiger partial charge is 0.311 e. The summed E-state index contributed by atoms with van der Waals surface area (Å²) in [7, 11) is 1.48. The predicted octanol–water partition coefficient (Wildman–Crippen LogP) is 6.33. The second-order valence-corrected chi connectivity index (χ2v) is 18.3. The maximum Gasteiger partial charge on any atom is 0.311 e. The van der Waals surface area contributed by atoms with Crippen LogP contribution in [0.1, 0.15) is 114 Å². The molecule has 0 aromatic rings. The maximum absolute atomic E-state index is 14.3. The Hall–Kier alpha value is -4.26. The zero-order chi connectivity index (χ0) is 42.0.